The Labute approximate surface area is 146 Å². The smallest absolute Gasteiger partial charge is 0.274 e. The second kappa shape index (κ2) is 7.47. The maximum atomic E-state index is 12.7. The molecule has 0 atom stereocenters. The van der Waals surface area contributed by atoms with Crippen LogP contribution in [0.25, 0.3) is 0 Å². The van der Waals surface area contributed by atoms with Crippen LogP contribution in [0.4, 0.5) is 14.5 Å². The van der Waals surface area contributed by atoms with Gasteiger partial charge >= 0.3 is 0 Å². The number of hydrogen-bond donors (Lipinski definition) is 2. The fraction of sp³-hybridized carbons (Fsp3) is 0.267. The molecular weight excluding hydrogens is 358 g/mol. The number of ether oxygens (including phenoxy) is 1. The number of nitrogens with two attached hydrogens (primary N) is 1. The molecule has 2 amide bonds. The molecule has 1 heterocycles. The highest BCUT2D eigenvalue weighted by Crippen LogP contribution is 2.26. The fourth-order valence-corrected chi connectivity index (χ4v) is 2.50. The molecule has 2 aromatic rings. The van der Waals surface area contributed by atoms with Crippen LogP contribution < -0.4 is 15.8 Å². The van der Waals surface area contributed by atoms with Gasteiger partial charge in [0.15, 0.2) is 0 Å². The van der Waals surface area contributed by atoms with Gasteiger partial charge in [0.05, 0.1) is 18.4 Å². The number of hydrogen-bond acceptors (Lipinski definition) is 4. The Morgan fingerprint density at radius 1 is 1.40 bits per heavy atom. The van der Waals surface area contributed by atoms with E-state index in [1.165, 1.54) is 25.3 Å². The van der Waals surface area contributed by atoms with E-state index in [1.807, 2.05) is 0 Å². The van der Waals surface area contributed by atoms with Crippen LogP contribution in [0.1, 0.15) is 26.4 Å². The minimum Gasteiger partial charge on any atom is -0.480 e. The number of nitrogens with one attached hydrogen (secondary N) is 1. The predicted octanol–water partition coefficient (Wildman–Crippen LogP) is 2.47. The van der Waals surface area contributed by atoms with E-state index in [-0.39, 0.29) is 27.8 Å². The molecule has 1 aromatic heterocycles. The number of aryl methyl sites for hydroxylation is 1. The Morgan fingerprint density at radius 2 is 2.08 bits per heavy atom. The van der Waals surface area contributed by atoms with Crippen LogP contribution >= 0.6 is 11.6 Å². The molecule has 0 fully saturated rings. The molecule has 25 heavy (non-hydrogen) atoms. The Kier molecular flexibility index (Phi) is 5.58. The van der Waals surface area contributed by atoms with Gasteiger partial charge in [0.1, 0.15) is 12.2 Å². The van der Waals surface area contributed by atoms with Crippen molar-refractivity contribution >= 4 is 29.1 Å². The zero-order valence-corrected chi connectivity index (χ0v) is 14.1. The molecule has 134 valence electrons. The molecule has 0 saturated heterocycles. The van der Waals surface area contributed by atoms with Gasteiger partial charge in [-0.3, -0.25) is 14.3 Å². The van der Waals surface area contributed by atoms with Crippen molar-refractivity contribution in [2.75, 3.05) is 12.4 Å². The van der Waals surface area contributed by atoms with Crippen LogP contribution in [0.5, 0.6) is 5.88 Å². The van der Waals surface area contributed by atoms with E-state index in [1.54, 1.807) is 6.92 Å². The first kappa shape index (κ1) is 18.7. The van der Waals surface area contributed by atoms with Crippen molar-refractivity contribution in [1.82, 2.24) is 9.78 Å². The lowest BCUT2D eigenvalue weighted by molar-refractivity contribution is 0.0988. The number of carbonyl (C=O) groups is 2. The van der Waals surface area contributed by atoms with Gasteiger partial charge in [-0.25, -0.2) is 8.78 Å². The zero-order chi connectivity index (χ0) is 18.7. The molecule has 10 heteroatoms. The number of methoxy groups -OCH3 is 1. The number of benzene rings is 1. The van der Waals surface area contributed by atoms with E-state index in [2.05, 4.69) is 10.4 Å². The molecule has 0 saturated carbocycles. The second-order valence-electron chi connectivity index (χ2n) is 5.11. The topological polar surface area (TPSA) is 99.2 Å². The molecule has 0 bridgehead atoms. The van der Waals surface area contributed by atoms with Crippen molar-refractivity contribution in [3.05, 3.63) is 40.0 Å². The van der Waals surface area contributed by atoms with E-state index in [0.29, 0.717) is 5.56 Å². The van der Waals surface area contributed by atoms with Crippen molar-refractivity contribution in [1.29, 1.82) is 0 Å². The number of alkyl halides is 2. The summed E-state index contributed by atoms with van der Waals surface area (Å²) in [6, 6.07) is 4.05. The molecule has 0 spiro atoms. The fourth-order valence-electron chi connectivity index (χ4n) is 2.23. The summed E-state index contributed by atoms with van der Waals surface area (Å²) in [6.45, 7) is 0.833. The van der Waals surface area contributed by atoms with E-state index in [0.717, 1.165) is 4.68 Å². The second-order valence-corrected chi connectivity index (χ2v) is 5.55. The van der Waals surface area contributed by atoms with Gasteiger partial charge in [-0.05, 0) is 24.6 Å². The molecule has 0 aliphatic rings. The highest BCUT2D eigenvalue weighted by atomic mass is 35.5. The third kappa shape index (κ3) is 4.24. The Balaban J connectivity index is 2.41. The third-order valence-corrected chi connectivity index (χ3v) is 3.53. The normalized spacial score (nSPS) is 10.8. The number of carbonyl (C=O) groups excluding carboxylic acids is 2. The number of nitrogens with zero attached hydrogens (tertiary/aromatic N) is 2. The van der Waals surface area contributed by atoms with Gasteiger partial charge in [0.2, 0.25) is 5.88 Å². The quantitative estimate of drug-likeness (QED) is 0.813. The van der Waals surface area contributed by atoms with Crippen LogP contribution in [-0.2, 0) is 6.54 Å². The van der Waals surface area contributed by atoms with Crippen LogP contribution in [0.2, 0.25) is 5.02 Å². The summed E-state index contributed by atoms with van der Waals surface area (Å²) in [4.78, 5) is 24.1. The summed E-state index contributed by atoms with van der Waals surface area (Å²) < 4.78 is 31.0. The predicted molar refractivity (Wildman–Crippen MR) is 87.4 cm³/mol. The molecule has 2 rings (SSSR count). The number of primary amides is 1. The number of rotatable bonds is 6. The van der Waals surface area contributed by atoms with Crippen molar-refractivity contribution in [3.63, 3.8) is 0 Å². The Bertz CT molecular complexity index is 823. The van der Waals surface area contributed by atoms with Gasteiger partial charge in [0, 0.05) is 11.1 Å². The van der Waals surface area contributed by atoms with Crippen molar-refractivity contribution < 1.29 is 23.1 Å². The summed E-state index contributed by atoms with van der Waals surface area (Å²) in [5.74, 6) is -1.53. The molecule has 0 unspecified atom stereocenters. The summed E-state index contributed by atoms with van der Waals surface area (Å²) >= 11 is 5.89. The van der Waals surface area contributed by atoms with Gasteiger partial charge in [-0.1, -0.05) is 11.6 Å². The summed E-state index contributed by atoms with van der Waals surface area (Å²) in [7, 11) is 1.30. The largest absolute Gasteiger partial charge is 0.480 e. The lowest BCUT2D eigenvalue weighted by Crippen LogP contribution is -2.23. The minimum absolute atomic E-state index is 0.00485. The summed E-state index contributed by atoms with van der Waals surface area (Å²) in [5, 5.41) is 6.53. The van der Waals surface area contributed by atoms with Crippen molar-refractivity contribution in [3.8, 4) is 5.88 Å². The lowest BCUT2D eigenvalue weighted by atomic mass is 10.1. The monoisotopic (exact) mass is 372 g/mol. The van der Waals surface area contributed by atoms with Gasteiger partial charge in [0.25, 0.3) is 18.2 Å². The number of amides is 2. The molecule has 0 aliphatic heterocycles. The van der Waals surface area contributed by atoms with E-state index in [9.17, 15) is 18.4 Å². The highest BCUT2D eigenvalue weighted by molar-refractivity contribution is 6.31. The summed E-state index contributed by atoms with van der Waals surface area (Å²) in [6.07, 6.45) is -2.71. The average Bonchev–Trinajstić information content (AvgIpc) is 2.91. The number of halogens is 3. The summed E-state index contributed by atoms with van der Waals surface area (Å²) in [5.41, 5.74) is 5.79. The SMILES string of the molecule is COc1cc(C(=O)Nc2c(C)cc(Cl)cc2C(N)=O)n(CC(F)F)n1. The standard InChI is InChI=1S/C15H15ClF2N4O3/c1-7-3-8(16)4-9(14(19)23)13(7)20-15(24)10-5-12(25-2)21-22(10)6-11(17)18/h3-5,11H,6H2,1-2H3,(H2,19,23)(H,20,24). The zero-order valence-electron chi connectivity index (χ0n) is 13.3. The van der Waals surface area contributed by atoms with Gasteiger partial charge in [-0.15, -0.1) is 5.10 Å². The van der Waals surface area contributed by atoms with E-state index < -0.39 is 24.8 Å². The van der Waals surface area contributed by atoms with Crippen LogP contribution in [-0.4, -0.2) is 35.1 Å². The molecule has 1 aromatic carbocycles. The molecule has 7 nitrogen and oxygen atoms in total. The first-order chi connectivity index (χ1) is 11.7. The first-order valence-corrected chi connectivity index (χ1v) is 7.42. The maximum Gasteiger partial charge on any atom is 0.274 e. The van der Waals surface area contributed by atoms with Crippen LogP contribution in [0.3, 0.4) is 0 Å². The van der Waals surface area contributed by atoms with Crippen molar-refractivity contribution in [2.24, 2.45) is 5.73 Å². The average molecular weight is 373 g/mol. The van der Waals surface area contributed by atoms with E-state index in [4.69, 9.17) is 22.1 Å². The molecule has 3 N–H and O–H groups in total. The maximum absolute atomic E-state index is 12.7. The molecule has 0 aliphatic carbocycles. The number of anilines is 1. The minimum atomic E-state index is -2.71. The van der Waals surface area contributed by atoms with Crippen molar-refractivity contribution in [2.45, 2.75) is 19.9 Å². The van der Waals surface area contributed by atoms with Gasteiger partial charge < -0.3 is 15.8 Å². The highest BCUT2D eigenvalue weighted by Gasteiger charge is 2.21. The van der Waals surface area contributed by atoms with Crippen LogP contribution in [0, 0.1) is 6.92 Å². The lowest BCUT2D eigenvalue weighted by Gasteiger charge is -2.13. The van der Waals surface area contributed by atoms with E-state index >= 15 is 0 Å². The molecular formula is C15H15ClF2N4O3. The Hall–Kier alpha value is -2.68. The van der Waals surface area contributed by atoms with Gasteiger partial charge in [-0.2, -0.15) is 0 Å². The molecule has 0 radical (unpaired) electrons. The van der Waals surface area contributed by atoms with Crippen LogP contribution in [0.15, 0.2) is 18.2 Å². The third-order valence-electron chi connectivity index (χ3n) is 3.31. The first-order valence-electron chi connectivity index (χ1n) is 7.04. The number of aromatic nitrogens is 2. The Morgan fingerprint density at radius 3 is 2.64 bits per heavy atom.